The second-order valence-electron chi connectivity index (χ2n) is 4.18. The van der Waals surface area contributed by atoms with Crippen molar-refractivity contribution >= 4 is 5.69 Å². The molecule has 0 amide bonds. The van der Waals surface area contributed by atoms with Crippen molar-refractivity contribution in [3.63, 3.8) is 0 Å². The lowest BCUT2D eigenvalue weighted by molar-refractivity contribution is -0.386. The molecule has 1 fully saturated rings. The summed E-state index contributed by atoms with van der Waals surface area (Å²) >= 11 is 0. The third-order valence-electron chi connectivity index (χ3n) is 3.33. The molecule has 1 aromatic rings. The van der Waals surface area contributed by atoms with Crippen LogP contribution in [0.1, 0.15) is 24.8 Å². The zero-order chi connectivity index (χ0) is 11.8. The summed E-state index contributed by atoms with van der Waals surface area (Å²) in [5.74, 6) is -0.594. The Kier molecular flexibility index (Phi) is 2.63. The van der Waals surface area contributed by atoms with E-state index in [-0.39, 0.29) is 17.9 Å². The van der Waals surface area contributed by atoms with Crippen LogP contribution in [0.5, 0.6) is 0 Å². The van der Waals surface area contributed by atoms with Crippen molar-refractivity contribution in [2.75, 3.05) is 6.61 Å². The Labute approximate surface area is 91.9 Å². The zero-order valence-corrected chi connectivity index (χ0v) is 8.65. The minimum atomic E-state index is -0.742. The van der Waals surface area contributed by atoms with Gasteiger partial charge < -0.3 is 5.11 Å². The van der Waals surface area contributed by atoms with Crippen LogP contribution in [-0.4, -0.2) is 16.6 Å². The van der Waals surface area contributed by atoms with Crippen LogP contribution >= 0.6 is 0 Å². The molecule has 0 spiro atoms. The average Bonchev–Trinajstić information content (AvgIpc) is 2.19. The number of nitro benzene ring substituents is 1. The summed E-state index contributed by atoms with van der Waals surface area (Å²) in [6, 6.07) is 3.81. The number of hydrogen-bond donors (Lipinski definition) is 1. The fourth-order valence-electron chi connectivity index (χ4n) is 2.28. The van der Waals surface area contributed by atoms with Gasteiger partial charge in [-0.25, -0.2) is 4.39 Å². The molecule has 86 valence electrons. The lowest BCUT2D eigenvalue weighted by Gasteiger charge is -2.40. The Morgan fingerprint density at radius 3 is 2.62 bits per heavy atom. The largest absolute Gasteiger partial charge is 0.395 e. The SMILES string of the molecule is O=[N+]([O-])c1cccc(F)c1C1(CO)CCC1. The highest BCUT2D eigenvalue weighted by Crippen LogP contribution is 2.47. The summed E-state index contributed by atoms with van der Waals surface area (Å²) in [4.78, 5) is 10.2. The van der Waals surface area contributed by atoms with Gasteiger partial charge in [0.1, 0.15) is 5.82 Å². The van der Waals surface area contributed by atoms with Gasteiger partial charge in [0.25, 0.3) is 5.69 Å². The van der Waals surface area contributed by atoms with Gasteiger partial charge >= 0.3 is 0 Å². The first-order valence-electron chi connectivity index (χ1n) is 5.15. The molecule has 1 aromatic carbocycles. The number of nitrogens with zero attached hydrogens (tertiary/aromatic N) is 1. The standard InChI is InChI=1S/C11H12FNO3/c12-8-3-1-4-9(13(15)16)10(8)11(7-14)5-2-6-11/h1,3-4,14H,2,5-7H2. The molecule has 5 heteroatoms. The molecular formula is C11H12FNO3. The Balaban J connectivity index is 2.57. The number of hydrogen-bond acceptors (Lipinski definition) is 3. The monoisotopic (exact) mass is 225 g/mol. The molecule has 0 aliphatic heterocycles. The topological polar surface area (TPSA) is 63.4 Å². The molecule has 0 radical (unpaired) electrons. The number of benzene rings is 1. The van der Waals surface area contributed by atoms with Gasteiger partial charge in [0, 0.05) is 11.5 Å². The molecule has 2 rings (SSSR count). The third-order valence-corrected chi connectivity index (χ3v) is 3.33. The maximum absolute atomic E-state index is 13.7. The van der Waals surface area contributed by atoms with Crippen LogP contribution in [0.25, 0.3) is 0 Å². The smallest absolute Gasteiger partial charge is 0.276 e. The van der Waals surface area contributed by atoms with Crippen molar-refractivity contribution < 1.29 is 14.4 Å². The lowest BCUT2D eigenvalue weighted by Crippen LogP contribution is -2.39. The Hall–Kier alpha value is -1.49. The van der Waals surface area contributed by atoms with Gasteiger partial charge in [-0.2, -0.15) is 0 Å². The first-order chi connectivity index (χ1) is 7.60. The van der Waals surface area contributed by atoms with E-state index in [0.29, 0.717) is 12.8 Å². The second kappa shape index (κ2) is 3.83. The van der Waals surface area contributed by atoms with Crippen molar-refractivity contribution in [3.05, 3.63) is 39.7 Å². The van der Waals surface area contributed by atoms with E-state index in [0.717, 1.165) is 6.42 Å². The van der Waals surface area contributed by atoms with Gasteiger partial charge in [-0.05, 0) is 18.9 Å². The summed E-state index contributed by atoms with van der Waals surface area (Å²) in [6.45, 7) is -0.241. The number of halogens is 1. The first-order valence-corrected chi connectivity index (χ1v) is 5.15. The van der Waals surface area contributed by atoms with E-state index >= 15 is 0 Å². The minimum Gasteiger partial charge on any atom is -0.395 e. The van der Waals surface area contributed by atoms with Crippen LogP contribution < -0.4 is 0 Å². The van der Waals surface area contributed by atoms with E-state index in [4.69, 9.17) is 0 Å². The van der Waals surface area contributed by atoms with Crippen molar-refractivity contribution in [1.29, 1.82) is 0 Å². The van der Waals surface area contributed by atoms with Gasteiger partial charge in [0.15, 0.2) is 0 Å². The van der Waals surface area contributed by atoms with E-state index in [1.165, 1.54) is 18.2 Å². The van der Waals surface area contributed by atoms with Crippen LogP contribution in [0, 0.1) is 15.9 Å². The highest BCUT2D eigenvalue weighted by molar-refractivity contribution is 5.47. The highest BCUT2D eigenvalue weighted by Gasteiger charge is 2.44. The van der Waals surface area contributed by atoms with Gasteiger partial charge in [-0.3, -0.25) is 10.1 Å². The van der Waals surface area contributed by atoms with E-state index in [1.807, 2.05) is 0 Å². The molecule has 0 atom stereocenters. The van der Waals surface area contributed by atoms with E-state index in [2.05, 4.69) is 0 Å². The molecule has 0 heterocycles. The second-order valence-corrected chi connectivity index (χ2v) is 4.18. The van der Waals surface area contributed by atoms with Crippen LogP contribution in [0.3, 0.4) is 0 Å². The summed E-state index contributed by atoms with van der Waals surface area (Å²) < 4.78 is 13.7. The van der Waals surface area contributed by atoms with E-state index in [1.54, 1.807) is 0 Å². The summed E-state index contributed by atoms with van der Waals surface area (Å²) in [5.41, 5.74) is -0.907. The maximum Gasteiger partial charge on any atom is 0.276 e. The van der Waals surface area contributed by atoms with Gasteiger partial charge in [0.05, 0.1) is 17.1 Å². The van der Waals surface area contributed by atoms with Crippen LogP contribution in [0.2, 0.25) is 0 Å². The zero-order valence-electron chi connectivity index (χ0n) is 8.65. The predicted molar refractivity (Wildman–Crippen MR) is 55.7 cm³/mol. The summed E-state index contributed by atoms with van der Waals surface area (Å²) in [7, 11) is 0. The van der Waals surface area contributed by atoms with Crippen molar-refractivity contribution in [2.45, 2.75) is 24.7 Å². The highest BCUT2D eigenvalue weighted by atomic mass is 19.1. The molecule has 0 bridgehead atoms. The average molecular weight is 225 g/mol. The lowest BCUT2D eigenvalue weighted by atomic mass is 9.64. The van der Waals surface area contributed by atoms with Crippen molar-refractivity contribution in [3.8, 4) is 0 Å². The fourth-order valence-corrected chi connectivity index (χ4v) is 2.28. The van der Waals surface area contributed by atoms with Gasteiger partial charge in [-0.15, -0.1) is 0 Å². The number of nitro groups is 1. The fraction of sp³-hybridized carbons (Fsp3) is 0.455. The molecule has 16 heavy (non-hydrogen) atoms. The van der Waals surface area contributed by atoms with Crippen LogP contribution in [0.4, 0.5) is 10.1 Å². The quantitative estimate of drug-likeness (QED) is 0.633. The van der Waals surface area contributed by atoms with Gasteiger partial charge in [-0.1, -0.05) is 12.5 Å². The van der Waals surface area contributed by atoms with E-state index < -0.39 is 16.2 Å². The van der Waals surface area contributed by atoms with Gasteiger partial charge in [0.2, 0.25) is 0 Å². The molecule has 1 aliphatic rings. The summed E-state index contributed by atoms with van der Waals surface area (Å²) in [5, 5.41) is 20.2. The first kappa shape index (κ1) is 11.0. The van der Waals surface area contributed by atoms with Crippen molar-refractivity contribution in [2.24, 2.45) is 0 Å². The number of aliphatic hydroxyl groups is 1. The molecule has 1 N–H and O–H groups in total. The molecule has 0 saturated heterocycles. The predicted octanol–water partition coefficient (Wildman–Crippen LogP) is 2.15. The number of aliphatic hydroxyl groups excluding tert-OH is 1. The molecule has 0 unspecified atom stereocenters. The molecule has 4 nitrogen and oxygen atoms in total. The number of rotatable bonds is 3. The third kappa shape index (κ3) is 1.48. The summed E-state index contributed by atoms with van der Waals surface area (Å²) in [6.07, 6.45) is 2.07. The molecular weight excluding hydrogens is 213 g/mol. The Bertz CT molecular complexity index is 424. The molecule has 1 aliphatic carbocycles. The maximum atomic E-state index is 13.7. The van der Waals surface area contributed by atoms with Crippen LogP contribution in [0.15, 0.2) is 18.2 Å². The minimum absolute atomic E-state index is 0.0637. The Morgan fingerprint density at radius 2 is 2.19 bits per heavy atom. The van der Waals surface area contributed by atoms with E-state index in [9.17, 15) is 19.6 Å². The molecule has 0 aromatic heterocycles. The Morgan fingerprint density at radius 1 is 1.50 bits per heavy atom. The normalized spacial score (nSPS) is 17.9. The van der Waals surface area contributed by atoms with Crippen LogP contribution in [-0.2, 0) is 5.41 Å². The van der Waals surface area contributed by atoms with Crippen molar-refractivity contribution in [1.82, 2.24) is 0 Å². The molecule has 1 saturated carbocycles.